The molecule has 1 aliphatic heterocycles. The maximum Gasteiger partial charge on any atom is 0.312 e. The summed E-state index contributed by atoms with van der Waals surface area (Å²) in [5.74, 6) is 1.62. The minimum absolute atomic E-state index is 0.0833. The summed E-state index contributed by atoms with van der Waals surface area (Å²) in [5.41, 5.74) is 1.19. The van der Waals surface area contributed by atoms with Gasteiger partial charge in [-0.25, -0.2) is 0 Å². The number of fused-ring (bicyclic) bond motifs is 3. The van der Waals surface area contributed by atoms with Crippen LogP contribution >= 0.6 is 0 Å². The Balaban J connectivity index is 2.00. The molecule has 2 fully saturated rings. The fourth-order valence-electron chi connectivity index (χ4n) is 4.85. The zero-order chi connectivity index (χ0) is 13.6. The van der Waals surface area contributed by atoms with Crippen LogP contribution in [-0.2, 0) is 9.53 Å². The maximum atomic E-state index is 12.7. The number of cyclic esters (lactones) is 1. The lowest BCUT2D eigenvalue weighted by Gasteiger charge is -2.53. The fraction of sp³-hybridized carbons (Fsp3) is 0.824. The van der Waals surface area contributed by atoms with Gasteiger partial charge in [-0.15, -0.1) is 0 Å². The van der Waals surface area contributed by atoms with Gasteiger partial charge in [0.2, 0.25) is 0 Å². The highest BCUT2D eigenvalue weighted by atomic mass is 16.5. The monoisotopic (exact) mass is 262 g/mol. The quantitative estimate of drug-likeness (QED) is 0.525. The lowest BCUT2D eigenvalue weighted by atomic mass is 9.53. The highest BCUT2D eigenvalue weighted by Gasteiger charge is 2.57. The molecule has 3 aliphatic rings. The van der Waals surface area contributed by atoms with Crippen molar-refractivity contribution in [1.29, 1.82) is 0 Å². The number of hydrogen-bond acceptors (Lipinski definition) is 2. The largest absolute Gasteiger partial charge is 0.462 e. The van der Waals surface area contributed by atoms with Crippen LogP contribution in [0.15, 0.2) is 11.6 Å². The number of hydrogen-bond donors (Lipinski definition) is 0. The maximum absolute atomic E-state index is 12.7. The van der Waals surface area contributed by atoms with Gasteiger partial charge < -0.3 is 4.74 Å². The first-order valence-electron chi connectivity index (χ1n) is 7.96. The van der Waals surface area contributed by atoms with E-state index in [-0.39, 0.29) is 17.5 Å². The first-order valence-corrected chi connectivity index (χ1v) is 7.96. The molecule has 0 N–H and O–H groups in total. The zero-order valence-corrected chi connectivity index (χ0v) is 12.4. The Bertz CT molecular complexity index is 411. The molecular weight excluding hydrogens is 236 g/mol. The molecular formula is C17H26O2. The van der Waals surface area contributed by atoms with Crippen molar-refractivity contribution in [2.75, 3.05) is 0 Å². The molecule has 0 radical (unpaired) electrons. The van der Waals surface area contributed by atoms with E-state index >= 15 is 0 Å². The highest BCUT2D eigenvalue weighted by Crippen LogP contribution is 2.56. The number of ether oxygens (including phenoxy) is 1. The van der Waals surface area contributed by atoms with Crippen LogP contribution in [0.3, 0.4) is 0 Å². The molecule has 1 saturated carbocycles. The van der Waals surface area contributed by atoms with E-state index in [2.05, 4.69) is 26.8 Å². The predicted octanol–water partition coefficient (Wildman–Crippen LogP) is 4.10. The Morgan fingerprint density at radius 1 is 1.37 bits per heavy atom. The number of esters is 1. The van der Waals surface area contributed by atoms with Crippen LogP contribution in [0.25, 0.3) is 0 Å². The standard InChI is InChI=1S/C17H26O2/c1-4-13-10-15-11(2)9-12-7-5-6-8-14(12)17(15,3)16(18)19-13/h9,12-15H,4-8,10H2,1-3H3/t12-,13+,14-,15+,17+/m0/s1. The number of carbonyl (C=O) groups is 1. The molecule has 0 bridgehead atoms. The fourth-order valence-corrected chi connectivity index (χ4v) is 4.85. The summed E-state index contributed by atoms with van der Waals surface area (Å²) in [5, 5.41) is 0. The van der Waals surface area contributed by atoms with Gasteiger partial charge in [-0.1, -0.05) is 31.4 Å². The van der Waals surface area contributed by atoms with Gasteiger partial charge in [-0.2, -0.15) is 0 Å². The van der Waals surface area contributed by atoms with Crippen LogP contribution in [0.5, 0.6) is 0 Å². The molecule has 3 rings (SSSR count). The molecule has 0 aromatic rings. The van der Waals surface area contributed by atoms with Crippen LogP contribution in [-0.4, -0.2) is 12.1 Å². The van der Waals surface area contributed by atoms with Gasteiger partial charge >= 0.3 is 5.97 Å². The van der Waals surface area contributed by atoms with Gasteiger partial charge in [0.05, 0.1) is 5.41 Å². The number of carbonyl (C=O) groups excluding carboxylic acids is 1. The smallest absolute Gasteiger partial charge is 0.312 e. The first kappa shape index (κ1) is 13.2. The van der Waals surface area contributed by atoms with Crippen molar-refractivity contribution in [1.82, 2.24) is 0 Å². The van der Waals surface area contributed by atoms with Crippen molar-refractivity contribution in [3.05, 3.63) is 11.6 Å². The second-order valence-electron chi connectivity index (χ2n) is 6.97. The van der Waals surface area contributed by atoms with E-state index in [4.69, 9.17) is 4.74 Å². The molecule has 1 heterocycles. The van der Waals surface area contributed by atoms with Crippen molar-refractivity contribution < 1.29 is 9.53 Å². The third-order valence-corrected chi connectivity index (χ3v) is 6.01. The third-order valence-electron chi connectivity index (χ3n) is 6.01. The second kappa shape index (κ2) is 4.64. The summed E-state index contributed by atoms with van der Waals surface area (Å²) in [6.45, 7) is 6.54. The topological polar surface area (TPSA) is 26.3 Å². The van der Waals surface area contributed by atoms with Crippen LogP contribution in [0, 0.1) is 23.2 Å². The van der Waals surface area contributed by atoms with Gasteiger partial charge in [0.1, 0.15) is 6.10 Å². The molecule has 19 heavy (non-hydrogen) atoms. The second-order valence-corrected chi connectivity index (χ2v) is 6.97. The summed E-state index contributed by atoms with van der Waals surface area (Å²) >= 11 is 0. The average molecular weight is 262 g/mol. The summed E-state index contributed by atoms with van der Waals surface area (Å²) in [4.78, 5) is 12.7. The Morgan fingerprint density at radius 2 is 2.11 bits per heavy atom. The molecule has 5 atom stereocenters. The first-order chi connectivity index (χ1) is 9.07. The van der Waals surface area contributed by atoms with Crippen molar-refractivity contribution >= 4 is 5.97 Å². The molecule has 0 spiro atoms. The Morgan fingerprint density at radius 3 is 2.84 bits per heavy atom. The molecule has 2 nitrogen and oxygen atoms in total. The van der Waals surface area contributed by atoms with Crippen molar-refractivity contribution in [2.45, 2.75) is 65.4 Å². The van der Waals surface area contributed by atoms with Crippen molar-refractivity contribution in [3.8, 4) is 0 Å². The molecule has 0 amide bonds. The van der Waals surface area contributed by atoms with E-state index in [1.807, 2.05) is 0 Å². The normalized spacial score (nSPS) is 45.8. The van der Waals surface area contributed by atoms with Gasteiger partial charge in [0, 0.05) is 0 Å². The van der Waals surface area contributed by atoms with Crippen molar-refractivity contribution in [2.24, 2.45) is 23.2 Å². The van der Waals surface area contributed by atoms with E-state index in [9.17, 15) is 4.79 Å². The van der Waals surface area contributed by atoms with Crippen LogP contribution in [0.2, 0.25) is 0 Å². The molecule has 2 heteroatoms. The number of rotatable bonds is 1. The average Bonchev–Trinajstić information content (AvgIpc) is 2.41. The summed E-state index contributed by atoms with van der Waals surface area (Å²) < 4.78 is 5.74. The van der Waals surface area contributed by atoms with Gasteiger partial charge in [0.15, 0.2) is 0 Å². The van der Waals surface area contributed by atoms with E-state index in [0.717, 1.165) is 12.8 Å². The molecule has 0 aromatic carbocycles. The minimum atomic E-state index is -0.254. The third kappa shape index (κ3) is 1.86. The van der Waals surface area contributed by atoms with Crippen LogP contribution in [0.4, 0.5) is 0 Å². The van der Waals surface area contributed by atoms with Gasteiger partial charge in [0.25, 0.3) is 0 Å². The Kier molecular flexibility index (Phi) is 3.23. The zero-order valence-electron chi connectivity index (χ0n) is 12.4. The minimum Gasteiger partial charge on any atom is -0.462 e. The molecule has 106 valence electrons. The summed E-state index contributed by atoms with van der Waals surface area (Å²) in [6, 6.07) is 0. The lowest BCUT2D eigenvalue weighted by molar-refractivity contribution is -0.184. The van der Waals surface area contributed by atoms with Gasteiger partial charge in [-0.05, 0) is 57.3 Å². The van der Waals surface area contributed by atoms with Crippen LogP contribution < -0.4 is 0 Å². The van der Waals surface area contributed by atoms with E-state index in [0.29, 0.717) is 17.8 Å². The summed E-state index contributed by atoms with van der Waals surface area (Å²) in [7, 11) is 0. The SMILES string of the molecule is CC[C@@H]1C[C@@H]2C(C)=C[C@@H]3CCCC[C@@H]3[C@@]2(C)C(=O)O1. The van der Waals surface area contributed by atoms with Gasteiger partial charge in [-0.3, -0.25) is 4.79 Å². The molecule has 2 aliphatic carbocycles. The lowest BCUT2D eigenvalue weighted by Crippen LogP contribution is -2.54. The Hall–Kier alpha value is -0.790. The van der Waals surface area contributed by atoms with Crippen molar-refractivity contribution in [3.63, 3.8) is 0 Å². The summed E-state index contributed by atoms with van der Waals surface area (Å²) in [6.07, 6.45) is 9.65. The molecule has 0 aromatic heterocycles. The van der Waals surface area contributed by atoms with E-state index in [1.54, 1.807) is 0 Å². The Labute approximate surface area is 116 Å². The van der Waals surface area contributed by atoms with Crippen LogP contribution in [0.1, 0.15) is 59.3 Å². The highest BCUT2D eigenvalue weighted by molar-refractivity contribution is 5.79. The number of allylic oxidation sites excluding steroid dienone is 2. The molecule has 1 saturated heterocycles. The predicted molar refractivity (Wildman–Crippen MR) is 75.6 cm³/mol. The van der Waals surface area contributed by atoms with E-state index in [1.165, 1.54) is 31.3 Å². The molecule has 0 unspecified atom stereocenters. The van der Waals surface area contributed by atoms with E-state index < -0.39 is 0 Å².